The van der Waals surface area contributed by atoms with Gasteiger partial charge in [-0.1, -0.05) is 12.1 Å². The van der Waals surface area contributed by atoms with Gasteiger partial charge in [0.05, 0.1) is 13.0 Å². The molecule has 0 radical (unpaired) electrons. The third-order valence-corrected chi connectivity index (χ3v) is 4.24. The summed E-state index contributed by atoms with van der Waals surface area (Å²) in [5.41, 5.74) is 3.45. The second-order valence-corrected chi connectivity index (χ2v) is 6.53. The van der Waals surface area contributed by atoms with E-state index in [4.69, 9.17) is 4.74 Å². The minimum Gasteiger partial charge on any atom is -0.493 e. The number of anilines is 1. The van der Waals surface area contributed by atoms with Crippen LogP contribution in [0.5, 0.6) is 5.75 Å². The molecule has 1 N–H and O–H groups in total. The number of ether oxygens (including phenoxy) is 1. The molecular formula is C22H28N2O3. The van der Waals surface area contributed by atoms with Crippen molar-refractivity contribution in [1.29, 1.82) is 0 Å². The van der Waals surface area contributed by atoms with Crippen molar-refractivity contribution in [2.45, 2.75) is 34.1 Å². The summed E-state index contributed by atoms with van der Waals surface area (Å²) in [6.07, 6.45) is 0.237. The molecule has 0 aliphatic carbocycles. The average Bonchev–Trinajstić information content (AvgIpc) is 2.62. The van der Waals surface area contributed by atoms with E-state index >= 15 is 0 Å². The van der Waals surface area contributed by atoms with Gasteiger partial charge in [-0.25, -0.2) is 0 Å². The van der Waals surface area contributed by atoms with Crippen LogP contribution in [0.1, 0.15) is 41.8 Å². The Balaban J connectivity index is 1.90. The predicted molar refractivity (Wildman–Crippen MR) is 108 cm³/mol. The summed E-state index contributed by atoms with van der Waals surface area (Å²) >= 11 is 0. The Bertz CT molecular complexity index is 778. The lowest BCUT2D eigenvalue weighted by Crippen LogP contribution is -2.30. The van der Waals surface area contributed by atoms with E-state index in [0.29, 0.717) is 30.9 Å². The molecule has 2 rings (SSSR count). The fraction of sp³-hybridized carbons (Fsp3) is 0.364. The molecule has 0 aromatic heterocycles. The fourth-order valence-corrected chi connectivity index (χ4v) is 2.92. The van der Waals surface area contributed by atoms with Crippen LogP contribution in [0.15, 0.2) is 42.5 Å². The van der Waals surface area contributed by atoms with Crippen molar-refractivity contribution in [1.82, 2.24) is 4.90 Å². The van der Waals surface area contributed by atoms with Gasteiger partial charge in [-0.15, -0.1) is 0 Å². The molecule has 144 valence electrons. The molecule has 0 unspecified atom stereocenters. The Kier molecular flexibility index (Phi) is 7.41. The Labute approximate surface area is 161 Å². The van der Waals surface area contributed by atoms with Crippen molar-refractivity contribution >= 4 is 17.5 Å². The molecule has 0 aliphatic heterocycles. The quantitative estimate of drug-likeness (QED) is 0.760. The summed E-state index contributed by atoms with van der Waals surface area (Å²) in [6.45, 7) is 9.53. The lowest BCUT2D eigenvalue weighted by molar-refractivity contribution is -0.116. The van der Waals surface area contributed by atoms with Gasteiger partial charge in [-0.3, -0.25) is 9.59 Å². The van der Waals surface area contributed by atoms with E-state index in [1.54, 1.807) is 29.2 Å². The maximum atomic E-state index is 12.4. The number of carbonyl (C=O) groups is 2. The largest absolute Gasteiger partial charge is 0.493 e. The first kappa shape index (κ1) is 20.5. The minimum atomic E-state index is -0.146. The zero-order chi connectivity index (χ0) is 19.8. The summed E-state index contributed by atoms with van der Waals surface area (Å²) < 4.78 is 5.68. The molecule has 0 aliphatic rings. The molecular weight excluding hydrogens is 340 g/mol. The number of hydrogen-bond donors (Lipinski definition) is 1. The maximum absolute atomic E-state index is 12.4. The highest BCUT2D eigenvalue weighted by molar-refractivity contribution is 5.97. The first-order chi connectivity index (χ1) is 12.9. The molecule has 0 saturated heterocycles. The Morgan fingerprint density at radius 1 is 1.00 bits per heavy atom. The van der Waals surface area contributed by atoms with E-state index in [1.165, 1.54) is 0 Å². The van der Waals surface area contributed by atoms with E-state index in [2.05, 4.69) is 11.4 Å². The maximum Gasteiger partial charge on any atom is 0.253 e. The smallest absolute Gasteiger partial charge is 0.253 e. The highest BCUT2D eigenvalue weighted by atomic mass is 16.5. The summed E-state index contributed by atoms with van der Waals surface area (Å²) in [5.74, 6) is 0.591. The van der Waals surface area contributed by atoms with Gasteiger partial charge >= 0.3 is 0 Å². The van der Waals surface area contributed by atoms with Crippen LogP contribution in [0.3, 0.4) is 0 Å². The molecule has 0 saturated carbocycles. The van der Waals surface area contributed by atoms with Crippen LogP contribution in [-0.4, -0.2) is 36.4 Å². The van der Waals surface area contributed by atoms with Gasteiger partial charge in [0, 0.05) is 24.3 Å². The van der Waals surface area contributed by atoms with Gasteiger partial charge in [0.1, 0.15) is 5.75 Å². The summed E-state index contributed by atoms with van der Waals surface area (Å²) in [6, 6.07) is 13.0. The van der Waals surface area contributed by atoms with Crippen LogP contribution >= 0.6 is 0 Å². The molecule has 0 spiro atoms. The molecule has 27 heavy (non-hydrogen) atoms. The highest BCUT2D eigenvalue weighted by Gasteiger charge is 2.13. The molecule has 5 nitrogen and oxygen atoms in total. The average molecular weight is 368 g/mol. The van der Waals surface area contributed by atoms with E-state index in [0.717, 1.165) is 16.9 Å². The second-order valence-electron chi connectivity index (χ2n) is 6.53. The zero-order valence-corrected chi connectivity index (χ0v) is 16.5. The van der Waals surface area contributed by atoms with Gasteiger partial charge in [0.15, 0.2) is 0 Å². The molecule has 0 atom stereocenters. The fourth-order valence-electron chi connectivity index (χ4n) is 2.92. The Morgan fingerprint density at radius 3 is 2.30 bits per heavy atom. The minimum absolute atomic E-state index is 0.0331. The number of carbonyl (C=O) groups excluding carboxylic acids is 2. The molecule has 0 fully saturated rings. The van der Waals surface area contributed by atoms with Gasteiger partial charge in [-0.2, -0.15) is 0 Å². The molecule has 0 bridgehead atoms. The van der Waals surface area contributed by atoms with Gasteiger partial charge in [-0.05, 0) is 69.2 Å². The van der Waals surface area contributed by atoms with Gasteiger partial charge < -0.3 is 15.0 Å². The predicted octanol–water partition coefficient (Wildman–Crippen LogP) is 4.19. The summed E-state index contributed by atoms with van der Waals surface area (Å²) in [4.78, 5) is 26.3. The molecule has 2 aromatic rings. The first-order valence-corrected chi connectivity index (χ1v) is 9.33. The topological polar surface area (TPSA) is 58.6 Å². The van der Waals surface area contributed by atoms with E-state index in [1.807, 2.05) is 39.8 Å². The zero-order valence-electron chi connectivity index (χ0n) is 16.5. The van der Waals surface area contributed by atoms with Crippen LogP contribution in [0.25, 0.3) is 0 Å². The highest BCUT2D eigenvalue weighted by Crippen LogP contribution is 2.17. The number of hydrogen-bond acceptors (Lipinski definition) is 3. The lowest BCUT2D eigenvalue weighted by atomic mass is 10.1. The first-order valence-electron chi connectivity index (χ1n) is 9.33. The monoisotopic (exact) mass is 368 g/mol. The van der Waals surface area contributed by atoms with Crippen LogP contribution in [0.4, 0.5) is 5.69 Å². The molecule has 2 amide bonds. The third kappa shape index (κ3) is 6.13. The van der Waals surface area contributed by atoms with Crippen molar-refractivity contribution < 1.29 is 14.3 Å². The lowest BCUT2D eigenvalue weighted by Gasteiger charge is -2.19. The second kappa shape index (κ2) is 9.76. The van der Waals surface area contributed by atoms with Crippen molar-refractivity contribution in [3.8, 4) is 5.75 Å². The van der Waals surface area contributed by atoms with Crippen molar-refractivity contribution in [3.63, 3.8) is 0 Å². The normalized spacial score (nSPS) is 10.4. The van der Waals surface area contributed by atoms with Crippen LogP contribution in [-0.2, 0) is 4.79 Å². The number of amides is 2. The van der Waals surface area contributed by atoms with E-state index < -0.39 is 0 Å². The standard InChI is InChI=1S/C22H28N2O3/c1-5-24(6-2)22(26)18-8-7-9-19(15-18)23-21(25)10-11-27-20-13-16(3)12-17(4)14-20/h7-9,12-15H,5-6,10-11H2,1-4H3,(H,23,25). The number of nitrogens with zero attached hydrogens (tertiary/aromatic N) is 1. The van der Waals surface area contributed by atoms with Crippen molar-refractivity contribution in [3.05, 3.63) is 59.2 Å². The van der Waals surface area contributed by atoms with Crippen LogP contribution in [0.2, 0.25) is 0 Å². The molecule has 0 heterocycles. The molecule has 5 heteroatoms. The van der Waals surface area contributed by atoms with Crippen LogP contribution < -0.4 is 10.1 Å². The molecule has 2 aromatic carbocycles. The van der Waals surface area contributed by atoms with Gasteiger partial charge in [0.2, 0.25) is 5.91 Å². The Hall–Kier alpha value is -2.82. The van der Waals surface area contributed by atoms with Gasteiger partial charge in [0.25, 0.3) is 5.91 Å². The number of nitrogens with one attached hydrogen (secondary N) is 1. The van der Waals surface area contributed by atoms with E-state index in [9.17, 15) is 9.59 Å². The summed E-state index contributed by atoms with van der Waals surface area (Å²) in [5, 5.41) is 2.83. The third-order valence-electron chi connectivity index (χ3n) is 4.24. The van der Waals surface area contributed by atoms with E-state index in [-0.39, 0.29) is 18.2 Å². The number of benzene rings is 2. The Morgan fingerprint density at radius 2 is 1.67 bits per heavy atom. The van der Waals surface area contributed by atoms with Crippen molar-refractivity contribution in [2.24, 2.45) is 0 Å². The SMILES string of the molecule is CCN(CC)C(=O)c1cccc(NC(=O)CCOc2cc(C)cc(C)c2)c1. The van der Waals surface area contributed by atoms with Crippen LogP contribution in [0, 0.1) is 13.8 Å². The number of aryl methyl sites for hydroxylation is 2. The number of rotatable bonds is 8. The van der Waals surface area contributed by atoms with Crippen molar-refractivity contribution in [2.75, 3.05) is 25.0 Å². The summed E-state index contributed by atoms with van der Waals surface area (Å²) in [7, 11) is 0.